The summed E-state index contributed by atoms with van der Waals surface area (Å²) in [7, 11) is 0. The average molecular weight is 286 g/mol. The lowest BCUT2D eigenvalue weighted by molar-refractivity contribution is 0.193. The third-order valence-corrected chi connectivity index (χ3v) is 3.73. The summed E-state index contributed by atoms with van der Waals surface area (Å²) < 4.78 is 5.22. The summed E-state index contributed by atoms with van der Waals surface area (Å²) in [6.07, 6.45) is 1.79. The van der Waals surface area contributed by atoms with Gasteiger partial charge in [-0.25, -0.2) is 4.79 Å². The van der Waals surface area contributed by atoms with Crippen LogP contribution < -0.4 is 5.32 Å². The lowest BCUT2D eigenvalue weighted by Gasteiger charge is -2.22. The minimum absolute atomic E-state index is 0.123. The Morgan fingerprint density at radius 2 is 2.19 bits per heavy atom. The molecule has 1 aromatic carbocycles. The van der Waals surface area contributed by atoms with Gasteiger partial charge >= 0.3 is 6.03 Å². The second kappa shape index (κ2) is 5.55. The lowest BCUT2D eigenvalue weighted by atomic mass is 10.2. The summed E-state index contributed by atoms with van der Waals surface area (Å²) >= 11 is 0. The van der Waals surface area contributed by atoms with E-state index in [-0.39, 0.29) is 12.1 Å². The van der Waals surface area contributed by atoms with E-state index in [9.17, 15) is 4.79 Å². The van der Waals surface area contributed by atoms with Gasteiger partial charge in [-0.2, -0.15) is 4.98 Å². The first-order valence-corrected chi connectivity index (χ1v) is 7.08. The van der Waals surface area contributed by atoms with Crippen LogP contribution in [0.25, 0.3) is 0 Å². The summed E-state index contributed by atoms with van der Waals surface area (Å²) in [6.45, 7) is 4.45. The lowest BCUT2D eigenvalue weighted by Crippen LogP contribution is -2.34. The number of hydrogen-bond acceptors (Lipinski definition) is 4. The molecule has 0 saturated carbocycles. The maximum Gasteiger partial charge on any atom is 0.322 e. The van der Waals surface area contributed by atoms with Crippen molar-refractivity contribution in [3.63, 3.8) is 0 Å². The van der Waals surface area contributed by atoms with Gasteiger partial charge in [-0.1, -0.05) is 23.4 Å². The molecule has 0 radical (unpaired) electrons. The number of amides is 2. The minimum atomic E-state index is -0.129. The molecule has 110 valence electrons. The molecule has 21 heavy (non-hydrogen) atoms. The van der Waals surface area contributed by atoms with Gasteiger partial charge in [0.05, 0.1) is 0 Å². The smallest absolute Gasteiger partial charge is 0.322 e. The number of carbonyl (C=O) groups excluding carboxylic acids is 1. The summed E-state index contributed by atoms with van der Waals surface area (Å²) in [6, 6.07) is 7.47. The molecule has 1 atom stereocenters. The van der Waals surface area contributed by atoms with E-state index >= 15 is 0 Å². The van der Waals surface area contributed by atoms with Crippen LogP contribution in [0.4, 0.5) is 10.5 Å². The van der Waals surface area contributed by atoms with E-state index in [4.69, 9.17) is 4.52 Å². The number of benzene rings is 1. The number of nitrogens with zero attached hydrogens (tertiary/aromatic N) is 3. The van der Waals surface area contributed by atoms with Gasteiger partial charge in [-0.3, -0.25) is 0 Å². The Labute approximate surface area is 123 Å². The Hall–Kier alpha value is -2.37. The monoisotopic (exact) mass is 286 g/mol. The van der Waals surface area contributed by atoms with Crippen LogP contribution in [0.3, 0.4) is 0 Å². The van der Waals surface area contributed by atoms with Crippen molar-refractivity contribution in [2.45, 2.75) is 32.7 Å². The molecule has 0 aliphatic carbocycles. The molecule has 2 heterocycles. The highest BCUT2D eigenvalue weighted by Crippen LogP contribution is 2.31. The number of urea groups is 1. The van der Waals surface area contributed by atoms with Crippen molar-refractivity contribution in [3.8, 4) is 0 Å². The Morgan fingerprint density at radius 3 is 2.90 bits per heavy atom. The van der Waals surface area contributed by atoms with Crippen molar-refractivity contribution in [3.05, 3.63) is 41.5 Å². The first-order valence-electron chi connectivity index (χ1n) is 7.08. The van der Waals surface area contributed by atoms with Crippen LogP contribution in [0.5, 0.6) is 0 Å². The third-order valence-electron chi connectivity index (χ3n) is 3.73. The summed E-state index contributed by atoms with van der Waals surface area (Å²) in [5.74, 6) is 1.11. The zero-order valence-electron chi connectivity index (χ0n) is 12.2. The van der Waals surface area contributed by atoms with Gasteiger partial charge in [-0.05, 0) is 38.3 Å². The van der Waals surface area contributed by atoms with Crippen LogP contribution in [0.1, 0.15) is 36.2 Å². The number of anilines is 1. The van der Waals surface area contributed by atoms with E-state index in [1.165, 1.54) is 0 Å². The number of carbonyl (C=O) groups is 1. The van der Waals surface area contributed by atoms with E-state index in [1.54, 1.807) is 11.8 Å². The number of likely N-dealkylation sites (tertiary alicyclic amines) is 1. The quantitative estimate of drug-likeness (QED) is 0.921. The number of para-hydroxylation sites is 1. The zero-order chi connectivity index (χ0) is 14.8. The second-order valence-electron chi connectivity index (χ2n) is 5.28. The summed E-state index contributed by atoms with van der Waals surface area (Å²) in [4.78, 5) is 18.5. The molecule has 1 unspecified atom stereocenters. The fourth-order valence-corrected chi connectivity index (χ4v) is 2.62. The van der Waals surface area contributed by atoms with E-state index < -0.39 is 0 Å². The minimum Gasteiger partial charge on any atom is -0.337 e. The molecule has 1 aliphatic heterocycles. The van der Waals surface area contributed by atoms with Gasteiger partial charge in [0.15, 0.2) is 5.82 Å². The molecule has 1 aromatic heterocycles. The van der Waals surface area contributed by atoms with Crippen molar-refractivity contribution >= 4 is 11.7 Å². The van der Waals surface area contributed by atoms with Crippen molar-refractivity contribution < 1.29 is 9.32 Å². The molecular weight excluding hydrogens is 268 g/mol. The fraction of sp³-hybridized carbons (Fsp3) is 0.400. The van der Waals surface area contributed by atoms with Crippen molar-refractivity contribution in [2.75, 3.05) is 11.9 Å². The maximum atomic E-state index is 12.5. The molecular formula is C15H18N4O2. The zero-order valence-corrected chi connectivity index (χ0v) is 12.2. The highest BCUT2D eigenvalue weighted by atomic mass is 16.5. The SMILES string of the molecule is Cc1noc(C2CCCN2C(=O)Nc2ccccc2C)n1. The normalized spacial score (nSPS) is 18.0. The Kier molecular flexibility index (Phi) is 3.60. The third kappa shape index (κ3) is 2.74. The first kappa shape index (κ1) is 13.6. The molecule has 2 aromatic rings. The van der Waals surface area contributed by atoms with Crippen LogP contribution in [0.2, 0.25) is 0 Å². The molecule has 1 aliphatic rings. The molecule has 3 rings (SSSR count). The van der Waals surface area contributed by atoms with Gasteiger partial charge in [-0.15, -0.1) is 0 Å². The van der Waals surface area contributed by atoms with Crippen molar-refractivity contribution in [2.24, 2.45) is 0 Å². The van der Waals surface area contributed by atoms with Crippen LogP contribution in [0, 0.1) is 13.8 Å². The van der Waals surface area contributed by atoms with Gasteiger partial charge in [0.2, 0.25) is 5.89 Å². The predicted octanol–water partition coefficient (Wildman–Crippen LogP) is 3.06. The molecule has 0 spiro atoms. The Bertz CT molecular complexity index is 653. The molecule has 1 saturated heterocycles. The largest absolute Gasteiger partial charge is 0.337 e. The van der Waals surface area contributed by atoms with Crippen LogP contribution >= 0.6 is 0 Å². The molecule has 0 bridgehead atoms. The number of rotatable bonds is 2. The van der Waals surface area contributed by atoms with E-state index in [0.717, 1.165) is 24.1 Å². The van der Waals surface area contributed by atoms with Gasteiger partial charge in [0.25, 0.3) is 0 Å². The van der Waals surface area contributed by atoms with Crippen LogP contribution in [-0.4, -0.2) is 27.6 Å². The molecule has 1 N–H and O–H groups in total. The maximum absolute atomic E-state index is 12.5. The summed E-state index contributed by atoms with van der Waals surface area (Å²) in [5.41, 5.74) is 1.87. The number of aryl methyl sites for hydroxylation is 2. The predicted molar refractivity (Wildman–Crippen MR) is 77.9 cm³/mol. The molecule has 6 heteroatoms. The van der Waals surface area contributed by atoms with Gasteiger partial charge in [0, 0.05) is 12.2 Å². The van der Waals surface area contributed by atoms with Gasteiger partial charge in [0.1, 0.15) is 6.04 Å². The van der Waals surface area contributed by atoms with Crippen LogP contribution in [-0.2, 0) is 0 Å². The number of aromatic nitrogens is 2. The number of hydrogen-bond donors (Lipinski definition) is 1. The van der Waals surface area contributed by atoms with Gasteiger partial charge < -0.3 is 14.7 Å². The highest BCUT2D eigenvalue weighted by Gasteiger charge is 2.34. The Balaban J connectivity index is 1.76. The average Bonchev–Trinajstić information content (AvgIpc) is 3.09. The standard InChI is InChI=1S/C15H18N4O2/c1-10-6-3-4-7-12(10)17-15(20)19-9-5-8-13(19)14-16-11(2)18-21-14/h3-4,6-7,13H,5,8-9H2,1-2H3,(H,17,20). The van der Waals surface area contributed by atoms with Crippen LogP contribution in [0.15, 0.2) is 28.8 Å². The fourth-order valence-electron chi connectivity index (χ4n) is 2.62. The molecule has 1 fully saturated rings. The first-order chi connectivity index (χ1) is 10.1. The van der Waals surface area contributed by atoms with E-state index in [2.05, 4.69) is 15.5 Å². The summed E-state index contributed by atoms with van der Waals surface area (Å²) in [5, 5.41) is 6.76. The number of nitrogens with one attached hydrogen (secondary N) is 1. The van der Waals surface area contributed by atoms with Crippen molar-refractivity contribution in [1.29, 1.82) is 0 Å². The molecule has 6 nitrogen and oxygen atoms in total. The van der Waals surface area contributed by atoms with E-state index in [0.29, 0.717) is 18.3 Å². The van der Waals surface area contributed by atoms with Crippen molar-refractivity contribution in [1.82, 2.24) is 15.0 Å². The molecule has 2 amide bonds. The second-order valence-corrected chi connectivity index (χ2v) is 5.28. The highest BCUT2D eigenvalue weighted by molar-refractivity contribution is 5.90. The topological polar surface area (TPSA) is 71.3 Å². The van der Waals surface area contributed by atoms with E-state index in [1.807, 2.05) is 31.2 Å². The Morgan fingerprint density at radius 1 is 1.38 bits per heavy atom.